The van der Waals surface area contributed by atoms with Crippen molar-refractivity contribution < 1.29 is 0 Å². The lowest BCUT2D eigenvalue weighted by atomic mass is 10.2. The fourth-order valence-electron chi connectivity index (χ4n) is 0.810. The molecular weight excluding hydrogens is 128 g/mol. The van der Waals surface area contributed by atoms with E-state index in [1.54, 1.807) is 6.33 Å². The van der Waals surface area contributed by atoms with E-state index < -0.39 is 0 Å². The average Bonchev–Trinajstić information content (AvgIpc) is 2.34. The molecule has 1 aromatic rings. The molecule has 0 fully saturated rings. The molecule has 1 rings (SSSR count). The van der Waals surface area contributed by atoms with Crippen LogP contribution in [0.25, 0.3) is 0 Å². The Hall–Kier alpha value is -0.900. The molecule has 0 spiro atoms. The highest BCUT2D eigenvalue weighted by atomic mass is 15.3. The van der Waals surface area contributed by atoms with Crippen LogP contribution in [0.5, 0.6) is 0 Å². The normalized spacial score (nSPS) is 13.5. The molecule has 0 saturated carbocycles. The van der Waals surface area contributed by atoms with E-state index in [2.05, 4.69) is 10.2 Å². The first-order valence-electron chi connectivity index (χ1n) is 3.35. The molecule has 1 heterocycles. The lowest BCUT2D eigenvalue weighted by Crippen LogP contribution is -2.13. The van der Waals surface area contributed by atoms with Gasteiger partial charge in [-0.1, -0.05) is 6.92 Å². The molecule has 0 aliphatic carbocycles. The van der Waals surface area contributed by atoms with Crippen LogP contribution in [0.4, 0.5) is 0 Å². The number of rotatable bonds is 2. The van der Waals surface area contributed by atoms with Crippen LogP contribution in [0.2, 0.25) is 0 Å². The lowest BCUT2D eigenvalue weighted by molar-refractivity contribution is 0.615. The zero-order chi connectivity index (χ0) is 7.56. The highest BCUT2D eigenvalue weighted by molar-refractivity contribution is 4.91. The number of aryl methyl sites for hydroxylation is 1. The van der Waals surface area contributed by atoms with Gasteiger partial charge in [0.25, 0.3) is 0 Å². The molecule has 4 nitrogen and oxygen atoms in total. The highest BCUT2D eigenvalue weighted by Gasteiger charge is 2.07. The molecule has 1 atom stereocenters. The summed E-state index contributed by atoms with van der Waals surface area (Å²) in [5.74, 6) is 0.850. The van der Waals surface area contributed by atoms with E-state index in [1.165, 1.54) is 0 Å². The first kappa shape index (κ1) is 7.21. The molecule has 1 aromatic heterocycles. The van der Waals surface area contributed by atoms with Gasteiger partial charge >= 0.3 is 0 Å². The number of nitrogens with two attached hydrogens (primary N) is 1. The summed E-state index contributed by atoms with van der Waals surface area (Å²) in [6.45, 7) is 2.03. The minimum absolute atomic E-state index is 0.0208. The van der Waals surface area contributed by atoms with Gasteiger partial charge in [-0.25, -0.2) is 0 Å². The van der Waals surface area contributed by atoms with Gasteiger partial charge in [-0.3, -0.25) is 0 Å². The van der Waals surface area contributed by atoms with Crippen LogP contribution in [0.3, 0.4) is 0 Å². The monoisotopic (exact) mass is 140 g/mol. The van der Waals surface area contributed by atoms with Crippen LogP contribution in [0.15, 0.2) is 6.33 Å². The molecule has 0 saturated heterocycles. The maximum absolute atomic E-state index is 5.72. The van der Waals surface area contributed by atoms with E-state index in [-0.39, 0.29) is 6.04 Å². The molecule has 0 radical (unpaired) electrons. The Balaban J connectivity index is 2.82. The van der Waals surface area contributed by atoms with Crippen LogP contribution < -0.4 is 5.73 Å². The van der Waals surface area contributed by atoms with Gasteiger partial charge < -0.3 is 10.3 Å². The maximum atomic E-state index is 5.72. The Morgan fingerprint density at radius 3 is 2.90 bits per heavy atom. The Morgan fingerprint density at radius 2 is 2.50 bits per heavy atom. The predicted octanol–water partition coefficient (Wildman–Crippen LogP) is 0.225. The van der Waals surface area contributed by atoms with Crippen LogP contribution >= 0.6 is 0 Å². The van der Waals surface area contributed by atoms with Gasteiger partial charge in [-0.05, 0) is 6.42 Å². The Bertz CT molecular complexity index is 205. The van der Waals surface area contributed by atoms with Crippen molar-refractivity contribution in [3.63, 3.8) is 0 Å². The Kier molecular flexibility index (Phi) is 2.01. The molecule has 0 aromatic carbocycles. The summed E-state index contributed by atoms with van der Waals surface area (Å²) < 4.78 is 1.84. The van der Waals surface area contributed by atoms with E-state index in [0.717, 1.165) is 12.2 Å². The smallest absolute Gasteiger partial charge is 0.149 e. The van der Waals surface area contributed by atoms with Crippen molar-refractivity contribution in [1.29, 1.82) is 0 Å². The topological polar surface area (TPSA) is 56.7 Å². The summed E-state index contributed by atoms with van der Waals surface area (Å²) in [7, 11) is 1.89. The summed E-state index contributed by atoms with van der Waals surface area (Å²) in [5.41, 5.74) is 5.72. The van der Waals surface area contributed by atoms with E-state index in [4.69, 9.17) is 5.73 Å². The van der Waals surface area contributed by atoms with Gasteiger partial charge in [0.15, 0.2) is 0 Å². The van der Waals surface area contributed by atoms with Crippen molar-refractivity contribution in [2.24, 2.45) is 12.8 Å². The van der Waals surface area contributed by atoms with Crippen LogP contribution in [0.1, 0.15) is 25.2 Å². The molecule has 56 valence electrons. The fraction of sp³-hybridized carbons (Fsp3) is 0.667. The lowest BCUT2D eigenvalue weighted by Gasteiger charge is -2.05. The third kappa shape index (κ3) is 1.16. The van der Waals surface area contributed by atoms with Crippen molar-refractivity contribution >= 4 is 0 Å². The molecule has 0 aliphatic heterocycles. The molecule has 0 amide bonds. The van der Waals surface area contributed by atoms with Gasteiger partial charge in [0.2, 0.25) is 0 Å². The Morgan fingerprint density at radius 1 is 1.80 bits per heavy atom. The van der Waals surface area contributed by atoms with E-state index in [1.807, 2.05) is 18.5 Å². The van der Waals surface area contributed by atoms with Crippen molar-refractivity contribution in [1.82, 2.24) is 14.8 Å². The van der Waals surface area contributed by atoms with Gasteiger partial charge in [-0.2, -0.15) is 0 Å². The molecule has 2 N–H and O–H groups in total. The van der Waals surface area contributed by atoms with Crippen LogP contribution in [-0.2, 0) is 7.05 Å². The molecule has 4 heteroatoms. The number of hydrogen-bond acceptors (Lipinski definition) is 3. The number of nitrogens with zero attached hydrogens (tertiary/aromatic N) is 3. The predicted molar refractivity (Wildman–Crippen MR) is 38.2 cm³/mol. The summed E-state index contributed by atoms with van der Waals surface area (Å²) >= 11 is 0. The zero-order valence-corrected chi connectivity index (χ0v) is 6.28. The summed E-state index contributed by atoms with van der Waals surface area (Å²) in [5, 5.41) is 7.60. The van der Waals surface area contributed by atoms with Crippen molar-refractivity contribution in [3.05, 3.63) is 12.2 Å². The first-order chi connectivity index (χ1) is 4.75. The van der Waals surface area contributed by atoms with Gasteiger partial charge in [-0.15, -0.1) is 10.2 Å². The minimum Gasteiger partial charge on any atom is -0.321 e. The van der Waals surface area contributed by atoms with Gasteiger partial charge in [0.05, 0.1) is 6.04 Å². The molecule has 0 bridgehead atoms. The third-order valence-corrected chi connectivity index (χ3v) is 1.52. The quantitative estimate of drug-likeness (QED) is 0.639. The first-order valence-corrected chi connectivity index (χ1v) is 3.35. The van der Waals surface area contributed by atoms with Gasteiger partial charge in [0, 0.05) is 7.05 Å². The molecule has 0 aliphatic rings. The van der Waals surface area contributed by atoms with Crippen LogP contribution in [0, 0.1) is 0 Å². The van der Waals surface area contributed by atoms with E-state index in [9.17, 15) is 0 Å². The standard InChI is InChI=1S/C6H12N4/c1-3-5(7)6-9-8-4-10(6)2/h4-5H,3,7H2,1-2H3/t5-/m0/s1. The van der Waals surface area contributed by atoms with E-state index >= 15 is 0 Å². The maximum Gasteiger partial charge on any atom is 0.149 e. The summed E-state index contributed by atoms with van der Waals surface area (Å²) in [4.78, 5) is 0. The second-order valence-corrected chi connectivity index (χ2v) is 2.31. The molecule has 10 heavy (non-hydrogen) atoms. The highest BCUT2D eigenvalue weighted by Crippen LogP contribution is 2.07. The second kappa shape index (κ2) is 2.79. The second-order valence-electron chi connectivity index (χ2n) is 2.31. The SMILES string of the molecule is CC[C@H](N)c1nncn1C. The van der Waals surface area contributed by atoms with E-state index in [0.29, 0.717) is 0 Å². The van der Waals surface area contributed by atoms with Crippen LogP contribution in [-0.4, -0.2) is 14.8 Å². The fourth-order valence-corrected chi connectivity index (χ4v) is 0.810. The minimum atomic E-state index is 0.0208. The zero-order valence-electron chi connectivity index (χ0n) is 6.28. The summed E-state index contributed by atoms with van der Waals surface area (Å²) in [6, 6.07) is 0.0208. The van der Waals surface area contributed by atoms with Crippen molar-refractivity contribution in [2.45, 2.75) is 19.4 Å². The van der Waals surface area contributed by atoms with Crippen molar-refractivity contribution in [3.8, 4) is 0 Å². The summed E-state index contributed by atoms with van der Waals surface area (Å²) in [6.07, 6.45) is 2.55. The molecule has 0 unspecified atom stereocenters. The van der Waals surface area contributed by atoms with Crippen molar-refractivity contribution in [2.75, 3.05) is 0 Å². The number of hydrogen-bond donors (Lipinski definition) is 1. The third-order valence-electron chi connectivity index (χ3n) is 1.52. The average molecular weight is 140 g/mol. The Labute approximate surface area is 60.1 Å². The molecular formula is C6H12N4. The number of aromatic nitrogens is 3. The van der Waals surface area contributed by atoms with Gasteiger partial charge in [0.1, 0.15) is 12.2 Å². The largest absolute Gasteiger partial charge is 0.321 e.